The lowest BCUT2D eigenvalue weighted by atomic mass is 10.1. The van der Waals surface area contributed by atoms with E-state index in [1.807, 2.05) is 4.90 Å². The first-order chi connectivity index (χ1) is 15.0. The zero-order valence-electron chi connectivity index (χ0n) is 18.1. The number of aromatic nitrogens is 2. The van der Waals surface area contributed by atoms with Crippen molar-refractivity contribution in [2.24, 2.45) is 0 Å². The van der Waals surface area contributed by atoms with Crippen LogP contribution < -0.4 is 24.4 Å². The van der Waals surface area contributed by atoms with Gasteiger partial charge in [-0.25, -0.2) is 9.97 Å². The van der Waals surface area contributed by atoms with Gasteiger partial charge in [0.2, 0.25) is 17.6 Å². The molecule has 0 radical (unpaired) electrons. The summed E-state index contributed by atoms with van der Waals surface area (Å²) in [6.45, 7) is 3.99. The van der Waals surface area contributed by atoms with Crippen LogP contribution in [0.1, 0.15) is 17.3 Å². The number of piperazine rings is 1. The highest BCUT2D eigenvalue weighted by Gasteiger charge is 2.27. The lowest BCUT2D eigenvalue weighted by molar-refractivity contribution is -0.133. The summed E-state index contributed by atoms with van der Waals surface area (Å²) in [7, 11) is 4.45. The molecule has 1 fully saturated rings. The maximum absolute atomic E-state index is 12.8. The maximum Gasteiger partial charge on any atom is 0.252 e. The monoisotopic (exact) mass is 429 g/mol. The summed E-state index contributed by atoms with van der Waals surface area (Å²) in [6.07, 6.45) is 3.39. The Hall–Kier alpha value is -3.56. The minimum atomic E-state index is -0.689. The van der Waals surface area contributed by atoms with E-state index in [4.69, 9.17) is 14.2 Å². The van der Waals surface area contributed by atoms with Crippen LogP contribution in [-0.2, 0) is 4.79 Å². The Kier molecular flexibility index (Phi) is 7.11. The van der Waals surface area contributed by atoms with Gasteiger partial charge in [0.15, 0.2) is 11.5 Å². The van der Waals surface area contributed by atoms with Crippen molar-refractivity contribution in [1.29, 1.82) is 0 Å². The lowest BCUT2D eigenvalue weighted by Crippen LogP contribution is -2.54. The Morgan fingerprint density at radius 3 is 2.06 bits per heavy atom. The summed E-state index contributed by atoms with van der Waals surface area (Å²) >= 11 is 0. The number of carbonyl (C=O) groups excluding carboxylic acids is 2. The molecule has 1 N–H and O–H groups in total. The molecule has 0 saturated carbocycles. The quantitative estimate of drug-likeness (QED) is 0.694. The summed E-state index contributed by atoms with van der Waals surface area (Å²) in [6, 6.07) is 4.17. The van der Waals surface area contributed by atoms with E-state index in [-0.39, 0.29) is 5.91 Å². The number of hydrogen-bond donors (Lipinski definition) is 1. The van der Waals surface area contributed by atoms with E-state index in [9.17, 15) is 9.59 Å². The van der Waals surface area contributed by atoms with E-state index in [0.29, 0.717) is 54.9 Å². The van der Waals surface area contributed by atoms with Crippen molar-refractivity contribution in [1.82, 2.24) is 20.2 Å². The van der Waals surface area contributed by atoms with Crippen LogP contribution in [0, 0.1) is 0 Å². The van der Waals surface area contributed by atoms with Gasteiger partial charge in [-0.15, -0.1) is 0 Å². The van der Waals surface area contributed by atoms with Crippen LogP contribution in [0.15, 0.2) is 30.6 Å². The second-order valence-corrected chi connectivity index (χ2v) is 6.97. The molecule has 2 aromatic rings. The van der Waals surface area contributed by atoms with Crippen LogP contribution >= 0.6 is 0 Å². The second kappa shape index (κ2) is 9.96. The summed E-state index contributed by atoms with van der Waals surface area (Å²) < 4.78 is 15.9. The van der Waals surface area contributed by atoms with Crippen LogP contribution in [0.3, 0.4) is 0 Å². The molecular weight excluding hydrogens is 402 g/mol. The van der Waals surface area contributed by atoms with Crippen LogP contribution in [0.4, 0.5) is 5.95 Å². The van der Waals surface area contributed by atoms with Gasteiger partial charge in [0.1, 0.15) is 6.04 Å². The van der Waals surface area contributed by atoms with Crippen LogP contribution in [-0.4, -0.2) is 80.2 Å². The Balaban J connectivity index is 1.62. The van der Waals surface area contributed by atoms with Gasteiger partial charge in [-0.05, 0) is 25.1 Å². The molecule has 0 aliphatic carbocycles. The molecule has 2 amide bonds. The molecule has 1 unspecified atom stereocenters. The smallest absolute Gasteiger partial charge is 0.252 e. The first-order valence-corrected chi connectivity index (χ1v) is 9.90. The number of nitrogens with zero attached hydrogens (tertiary/aromatic N) is 4. The van der Waals surface area contributed by atoms with E-state index in [0.717, 1.165) is 0 Å². The molecule has 1 aliphatic rings. The molecule has 10 nitrogen and oxygen atoms in total. The Morgan fingerprint density at radius 1 is 0.968 bits per heavy atom. The fourth-order valence-corrected chi connectivity index (χ4v) is 3.41. The maximum atomic E-state index is 12.8. The van der Waals surface area contributed by atoms with Gasteiger partial charge in [0, 0.05) is 44.1 Å². The Bertz CT molecular complexity index is 891. The van der Waals surface area contributed by atoms with Crippen molar-refractivity contribution in [3.05, 3.63) is 36.2 Å². The summed E-state index contributed by atoms with van der Waals surface area (Å²) in [5.41, 5.74) is 0.306. The van der Waals surface area contributed by atoms with Crippen molar-refractivity contribution >= 4 is 17.8 Å². The number of methoxy groups -OCH3 is 3. The van der Waals surface area contributed by atoms with Crippen LogP contribution in [0.5, 0.6) is 17.2 Å². The van der Waals surface area contributed by atoms with E-state index >= 15 is 0 Å². The number of carbonyl (C=O) groups is 2. The lowest BCUT2D eigenvalue weighted by Gasteiger charge is -2.35. The van der Waals surface area contributed by atoms with Crippen molar-refractivity contribution < 1.29 is 23.8 Å². The SMILES string of the molecule is COc1cc(C(=O)NC(C)C(=O)N2CCN(c3ncccn3)CC2)cc(OC)c1OC. The standard InChI is InChI=1S/C21H27N5O5/c1-14(20(28)25-8-10-26(11-9-25)21-22-6-5-7-23-21)24-19(27)15-12-16(29-2)18(31-4)17(13-15)30-3/h5-7,12-14H,8-11H2,1-4H3,(H,24,27). The third-order valence-corrected chi connectivity index (χ3v) is 5.07. The van der Waals surface area contributed by atoms with Crippen molar-refractivity contribution in [2.45, 2.75) is 13.0 Å². The Labute approximate surface area is 181 Å². The third kappa shape index (κ3) is 4.96. The van der Waals surface area contributed by atoms with Crippen molar-refractivity contribution in [2.75, 3.05) is 52.4 Å². The van der Waals surface area contributed by atoms with E-state index in [2.05, 4.69) is 15.3 Å². The molecule has 166 valence electrons. The average Bonchev–Trinajstić information content (AvgIpc) is 2.83. The zero-order chi connectivity index (χ0) is 22.4. The first-order valence-electron chi connectivity index (χ1n) is 9.90. The normalized spacial score (nSPS) is 14.6. The van der Waals surface area contributed by atoms with Gasteiger partial charge < -0.3 is 29.3 Å². The van der Waals surface area contributed by atoms with Gasteiger partial charge >= 0.3 is 0 Å². The molecule has 1 saturated heterocycles. The minimum Gasteiger partial charge on any atom is -0.493 e. The summed E-state index contributed by atoms with van der Waals surface area (Å²) in [4.78, 5) is 37.9. The minimum absolute atomic E-state index is 0.144. The largest absolute Gasteiger partial charge is 0.493 e. The predicted octanol–water partition coefficient (Wildman–Crippen LogP) is 0.970. The van der Waals surface area contributed by atoms with Crippen LogP contribution in [0.25, 0.3) is 0 Å². The van der Waals surface area contributed by atoms with Gasteiger partial charge in [-0.2, -0.15) is 0 Å². The molecule has 0 bridgehead atoms. The molecule has 10 heteroatoms. The highest BCUT2D eigenvalue weighted by Crippen LogP contribution is 2.38. The highest BCUT2D eigenvalue weighted by molar-refractivity contribution is 5.98. The van der Waals surface area contributed by atoms with Crippen LogP contribution in [0.2, 0.25) is 0 Å². The predicted molar refractivity (Wildman–Crippen MR) is 114 cm³/mol. The summed E-state index contributed by atoms with van der Waals surface area (Å²) in [5.74, 6) is 1.23. The fourth-order valence-electron chi connectivity index (χ4n) is 3.41. The van der Waals surface area contributed by atoms with Gasteiger partial charge in [0.05, 0.1) is 21.3 Å². The number of nitrogens with one attached hydrogen (secondary N) is 1. The first kappa shape index (κ1) is 22.1. The zero-order valence-corrected chi connectivity index (χ0v) is 18.1. The Morgan fingerprint density at radius 2 is 1.55 bits per heavy atom. The fraction of sp³-hybridized carbons (Fsp3) is 0.429. The topological polar surface area (TPSA) is 106 Å². The molecule has 1 aromatic heterocycles. The number of anilines is 1. The van der Waals surface area contributed by atoms with Crippen molar-refractivity contribution in [3.63, 3.8) is 0 Å². The number of benzene rings is 1. The number of ether oxygens (including phenoxy) is 3. The number of hydrogen-bond acceptors (Lipinski definition) is 8. The van der Waals surface area contributed by atoms with Gasteiger partial charge in [-0.3, -0.25) is 9.59 Å². The highest BCUT2D eigenvalue weighted by atomic mass is 16.5. The molecule has 3 rings (SSSR count). The second-order valence-electron chi connectivity index (χ2n) is 6.97. The van der Waals surface area contributed by atoms with Gasteiger partial charge in [-0.1, -0.05) is 0 Å². The number of rotatable bonds is 7. The van der Waals surface area contributed by atoms with E-state index in [1.165, 1.54) is 21.3 Å². The molecule has 0 spiro atoms. The summed E-state index contributed by atoms with van der Waals surface area (Å²) in [5, 5.41) is 2.76. The molecule has 2 heterocycles. The molecular formula is C21H27N5O5. The van der Waals surface area contributed by atoms with Crippen molar-refractivity contribution in [3.8, 4) is 17.2 Å². The van der Waals surface area contributed by atoms with E-state index in [1.54, 1.807) is 42.4 Å². The molecule has 1 atom stereocenters. The molecule has 1 aliphatic heterocycles. The number of amides is 2. The third-order valence-electron chi connectivity index (χ3n) is 5.07. The van der Waals surface area contributed by atoms with Gasteiger partial charge in [0.25, 0.3) is 5.91 Å². The van der Waals surface area contributed by atoms with E-state index < -0.39 is 11.9 Å². The average molecular weight is 429 g/mol. The molecule has 31 heavy (non-hydrogen) atoms. The molecule has 1 aromatic carbocycles.